The highest BCUT2D eigenvalue weighted by molar-refractivity contribution is 7.96. The molecule has 0 heterocycles. The van der Waals surface area contributed by atoms with Crippen LogP contribution in [0.3, 0.4) is 0 Å². The van der Waals surface area contributed by atoms with Crippen molar-refractivity contribution in [2.75, 3.05) is 14.2 Å². The van der Waals surface area contributed by atoms with Crippen LogP contribution < -0.4 is 14.9 Å². The van der Waals surface area contributed by atoms with Crippen LogP contribution in [0.2, 0.25) is 5.02 Å². The summed E-state index contributed by atoms with van der Waals surface area (Å²) in [6, 6.07) is 13.5. The van der Waals surface area contributed by atoms with Crippen LogP contribution >= 0.6 is 11.6 Å². The van der Waals surface area contributed by atoms with Crippen molar-refractivity contribution in [3.05, 3.63) is 81.9 Å². The topological polar surface area (TPSA) is 114 Å². The number of phenolic OH excluding ortho intramolecular Hbond substituents is 1. The zero-order valence-electron chi connectivity index (χ0n) is 19.0. The van der Waals surface area contributed by atoms with Gasteiger partial charge in [0, 0.05) is 10.8 Å². The molecule has 10 heteroatoms. The highest BCUT2D eigenvalue weighted by Crippen LogP contribution is 2.32. The Morgan fingerprint density at radius 1 is 1.09 bits per heavy atom. The molecule has 0 aliphatic heterocycles. The van der Waals surface area contributed by atoms with Gasteiger partial charge in [-0.25, -0.2) is 13.8 Å². The SMILES string of the molecule is COc1cc(/C=N/NC(=O)c2ccc(O)c(Cl)c2)cc(C#CS(=O)(=O)c2ccc(C)cc2)c1OC. The van der Waals surface area contributed by atoms with Crippen molar-refractivity contribution in [1.29, 1.82) is 0 Å². The number of hydrazone groups is 1. The third-order valence-corrected chi connectivity index (χ3v) is 6.31. The maximum atomic E-state index is 12.6. The summed E-state index contributed by atoms with van der Waals surface area (Å²) in [7, 11) is -1.04. The van der Waals surface area contributed by atoms with Crippen molar-refractivity contribution in [1.82, 2.24) is 5.43 Å². The van der Waals surface area contributed by atoms with Gasteiger partial charge in [-0.2, -0.15) is 5.10 Å². The number of ether oxygens (including phenoxy) is 2. The number of aryl methyl sites for hydroxylation is 1. The van der Waals surface area contributed by atoms with Crippen LogP contribution in [0.25, 0.3) is 0 Å². The summed E-state index contributed by atoms with van der Waals surface area (Å²) in [5.74, 6) is 2.49. The zero-order chi connectivity index (χ0) is 25.6. The molecule has 0 fully saturated rings. The highest BCUT2D eigenvalue weighted by Gasteiger charge is 2.14. The third-order valence-electron chi connectivity index (χ3n) is 4.74. The normalized spacial score (nSPS) is 11.0. The van der Waals surface area contributed by atoms with Gasteiger partial charge in [0.2, 0.25) is 9.84 Å². The number of hydrogen-bond acceptors (Lipinski definition) is 7. The van der Waals surface area contributed by atoms with Crippen molar-refractivity contribution in [3.63, 3.8) is 0 Å². The molecule has 0 unspecified atom stereocenters. The minimum Gasteiger partial charge on any atom is -0.506 e. The average Bonchev–Trinajstić information content (AvgIpc) is 2.84. The number of halogens is 1. The van der Waals surface area contributed by atoms with Gasteiger partial charge in [-0.3, -0.25) is 4.79 Å². The number of carbonyl (C=O) groups is 1. The van der Waals surface area contributed by atoms with Crippen molar-refractivity contribution in [2.24, 2.45) is 5.10 Å². The lowest BCUT2D eigenvalue weighted by Gasteiger charge is -2.10. The number of methoxy groups -OCH3 is 2. The van der Waals surface area contributed by atoms with Crippen molar-refractivity contribution in [3.8, 4) is 28.4 Å². The number of benzene rings is 3. The van der Waals surface area contributed by atoms with Crippen LogP contribution in [-0.2, 0) is 9.84 Å². The molecule has 3 rings (SSSR count). The average molecular weight is 513 g/mol. The largest absolute Gasteiger partial charge is 0.506 e. The molecule has 0 aliphatic carbocycles. The fourth-order valence-electron chi connectivity index (χ4n) is 2.93. The van der Waals surface area contributed by atoms with Crippen molar-refractivity contribution >= 4 is 33.6 Å². The van der Waals surface area contributed by atoms with Gasteiger partial charge in [-0.15, -0.1) is 0 Å². The van der Waals surface area contributed by atoms with Crippen molar-refractivity contribution < 1.29 is 27.8 Å². The molecule has 180 valence electrons. The molecule has 0 saturated heterocycles. The molecular formula is C25H21ClN2O6S. The first-order valence-corrected chi connectivity index (χ1v) is 11.9. The van der Waals surface area contributed by atoms with Crippen LogP contribution in [0, 0.1) is 18.1 Å². The van der Waals surface area contributed by atoms with Gasteiger partial charge in [-0.1, -0.05) is 29.3 Å². The summed E-state index contributed by atoms with van der Waals surface area (Å²) in [6.07, 6.45) is 1.33. The standard InChI is InChI=1S/C25H21ClN2O6S/c1-16-4-7-20(8-5-16)35(31,32)11-10-18-12-17(13-23(33-2)24(18)34-3)15-27-28-25(30)19-6-9-22(29)21(26)14-19/h4-9,12-15,29H,1-3H3,(H,28,30)/b27-15+. The predicted molar refractivity (Wildman–Crippen MR) is 133 cm³/mol. The molecule has 3 aromatic carbocycles. The van der Waals surface area contributed by atoms with E-state index in [1.54, 1.807) is 24.3 Å². The Balaban J connectivity index is 1.89. The first-order chi connectivity index (χ1) is 16.6. The minimum absolute atomic E-state index is 0.0327. The number of nitrogens with zero attached hydrogens (tertiary/aromatic N) is 1. The minimum atomic E-state index is -3.87. The van der Waals surface area contributed by atoms with E-state index in [2.05, 4.69) is 21.7 Å². The highest BCUT2D eigenvalue weighted by atomic mass is 35.5. The molecule has 0 atom stereocenters. The molecule has 1 amide bonds. The third kappa shape index (κ3) is 6.32. The fraction of sp³-hybridized carbons (Fsp3) is 0.120. The van der Waals surface area contributed by atoms with Gasteiger partial charge in [0.05, 0.1) is 35.9 Å². The van der Waals surface area contributed by atoms with Gasteiger partial charge in [0.1, 0.15) is 5.75 Å². The molecule has 0 bridgehead atoms. The van der Waals surface area contributed by atoms with Crippen LogP contribution in [0.1, 0.15) is 27.0 Å². The number of carbonyl (C=O) groups excluding carboxylic acids is 1. The first-order valence-electron chi connectivity index (χ1n) is 10.1. The summed E-state index contributed by atoms with van der Waals surface area (Å²) < 4.78 is 36.0. The summed E-state index contributed by atoms with van der Waals surface area (Å²) in [6.45, 7) is 1.86. The maximum absolute atomic E-state index is 12.6. The summed E-state index contributed by atoms with van der Waals surface area (Å²) in [4.78, 5) is 12.3. The summed E-state index contributed by atoms with van der Waals surface area (Å²) in [5, 5.41) is 15.7. The number of rotatable bonds is 6. The van der Waals surface area contributed by atoms with E-state index in [1.165, 1.54) is 50.8 Å². The monoisotopic (exact) mass is 512 g/mol. The second kappa shape index (κ2) is 11.0. The fourth-order valence-corrected chi connectivity index (χ4v) is 3.97. The van der Waals surface area contributed by atoms with Crippen molar-refractivity contribution in [2.45, 2.75) is 11.8 Å². The van der Waals surface area contributed by atoms with Gasteiger partial charge in [0.15, 0.2) is 11.5 Å². The quantitative estimate of drug-likeness (QED) is 0.294. The Labute approximate surface area is 208 Å². The van der Waals surface area contributed by atoms with E-state index < -0.39 is 15.7 Å². The van der Waals surface area contributed by atoms with Gasteiger partial charge >= 0.3 is 0 Å². The Hall–Kier alpha value is -4.00. The number of sulfone groups is 1. The van der Waals surface area contributed by atoms with Gasteiger partial charge in [-0.05, 0) is 60.9 Å². The van der Waals surface area contributed by atoms with Crippen LogP contribution in [0.15, 0.2) is 64.6 Å². The Kier molecular flexibility index (Phi) is 8.02. The van der Waals surface area contributed by atoms with Gasteiger partial charge in [0.25, 0.3) is 5.91 Å². The summed E-state index contributed by atoms with van der Waals surface area (Å²) >= 11 is 5.83. The Morgan fingerprint density at radius 2 is 1.80 bits per heavy atom. The molecule has 0 aliphatic rings. The first kappa shape index (κ1) is 25.6. The predicted octanol–water partition coefficient (Wildman–Crippen LogP) is 3.92. The van der Waals surface area contributed by atoms with Crippen LogP contribution in [0.5, 0.6) is 17.2 Å². The number of nitrogens with one attached hydrogen (secondary N) is 1. The molecule has 35 heavy (non-hydrogen) atoms. The lowest BCUT2D eigenvalue weighted by atomic mass is 10.1. The van der Waals surface area contributed by atoms with E-state index >= 15 is 0 Å². The number of aromatic hydroxyl groups is 1. The second-order valence-electron chi connectivity index (χ2n) is 7.21. The second-order valence-corrected chi connectivity index (χ2v) is 9.30. The van der Waals surface area contributed by atoms with Gasteiger partial charge < -0.3 is 14.6 Å². The molecule has 0 aromatic heterocycles. The molecule has 0 saturated carbocycles. The molecule has 3 aromatic rings. The lowest BCUT2D eigenvalue weighted by molar-refractivity contribution is 0.0955. The molecule has 0 radical (unpaired) electrons. The van der Waals surface area contributed by atoms with E-state index in [9.17, 15) is 18.3 Å². The molecule has 0 spiro atoms. The number of phenols is 1. The zero-order valence-corrected chi connectivity index (χ0v) is 20.6. The Morgan fingerprint density at radius 3 is 2.43 bits per heavy atom. The van der Waals surface area contributed by atoms with E-state index in [1.807, 2.05) is 6.92 Å². The van der Waals surface area contributed by atoms with E-state index in [0.717, 1.165) is 5.56 Å². The van der Waals surface area contributed by atoms with Crippen LogP contribution in [0.4, 0.5) is 0 Å². The molecule has 2 N–H and O–H groups in total. The van der Waals surface area contributed by atoms with E-state index in [4.69, 9.17) is 21.1 Å². The Bertz CT molecular complexity index is 1460. The smallest absolute Gasteiger partial charge is 0.271 e. The maximum Gasteiger partial charge on any atom is 0.271 e. The molecule has 8 nitrogen and oxygen atoms in total. The number of amides is 1. The summed E-state index contributed by atoms with van der Waals surface area (Å²) in [5.41, 5.74) is 4.19. The lowest BCUT2D eigenvalue weighted by Crippen LogP contribution is -2.17. The van der Waals surface area contributed by atoms with E-state index in [-0.39, 0.29) is 32.5 Å². The molecular weight excluding hydrogens is 492 g/mol. The number of hydrogen-bond donors (Lipinski definition) is 2. The van der Waals surface area contributed by atoms with E-state index in [0.29, 0.717) is 11.3 Å². The van der Waals surface area contributed by atoms with Crippen LogP contribution in [-0.4, -0.2) is 39.9 Å².